The number of thioether (sulfide) groups is 1. The average molecular weight is 453 g/mol. The highest BCUT2D eigenvalue weighted by molar-refractivity contribution is 9.10. The summed E-state index contributed by atoms with van der Waals surface area (Å²) in [5, 5.41) is 0.865. The molecule has 0 bridgehead atoms. The molecule has 3 aromatic rings. The zero-order valence-corrected chi connectivity index (χ0v) is 17.3. The molecule has 27 heavy (non-hydrogen) atoms. The van der Waals surface area contributed by atoms with Gasteiger partial charge in [0.25, 0.3) is 0 Å². The lowest BCUT2D eigenvalue weighted by Crippen LogP contribution is -2.03. The zero-order chi connectivity index (χ0) is 19.4. The van der Waals surface area contributed by atoms with Crippen LogP contribution in [0.1, 0.15) is 13.8 Å². The van der Waals surface area contributed by atoms with Gasteiger partial charge in [-0.2, -0.15) is 8.78 Å². The van der Waals surface area contributed by atoms with Crippen molar-refractivity contribution < 1.29 is 13.5 Å². The maximum atomic E-state index is 12.4. The highest BCUT2D eigenvalue weighted by atomic mass is 79.9. The summed E-state index contributed by atoms with van der Waals surface area (Å²) in [4.78, 5) is 4.60. The van der Waals surface area contributed by atoms with Crippen molar-refractivity contribution in [3.63, 3.8) is 0 Å². The normalized spacial score (nSPS) is 11.4. The maximum Gasteiger partial charge on any atom is 0.387 e. The molecule has 0 aliphatic carbocycles. The SMILES string of the molecule is CC(C)CSc1ncc(-c2ccc(Br)cc2)n1-c1ccc(OC(F)F)cc1. The molecule has 0 aliphatic heterocycles. The fourth-order valence-electron chi connectivity index (χ4n) is 2.53. The van der Waals surface area contributed by atoms with Crippen molar-refractivity contribution in [1.82, 2.24) is 9.55 Å². The highest BCUT2D eigenvalue weighted by Crippen LogP contribution is 2.32. The third-order valence-electron chi connectivity index (χ3n) is 3.74. The van der Waals surface area contributed by atoms with Crippen LogP contribution in [0.3, 0.4) is 0 Å². The molecule has 2 aromatic carbocycles. The molecule has 142 valence electrons. The van der Waals surface area contributed by atoms with Crippen molar-refractivity contribution >= 4 is 27.7 Å². The van der Waals surface area contributed by atoms with Gasteiger partial charge in [-0.3, -0.25) is 4.57 Å². The second-order valence-corrected chi connectivity index (χ2v) is 8.25. The molecule has 0 saturated carbocycles. The largest absolute Gasteiger partial charge is 0.435 e. The van der Waals surface area contributed by atoms with Crippen molar-refractivity contribution in [1.29, 1.82) is 0 Å². The topological polar surface area (TPSA) is 27.1 Å². The van der Waals surface area contributed by atoms with E-state index in [1.54, 1.807) is 36.0 Å². The summed E-state index contributed by atoms with van der Waals surface area (Å²) >= 11 is 5.13. The molecule has 1 heterocycles. The van der Waals surface area contributed by atoms with Crippen molar-refractivity contribution in [2.45, 2.75) is 25.6 Å². The Bertz CT molecular complexity index is 880. The van der Waals surface area contributed by atoms with Gasteiger partial charge in [0.05, 0.1) is 11.9 Å². The first-order chi connectivity index (χ1) is 12.9. The first kappa shape index (κ1) is 19.9. The number of aromatic nitrogens is 2. The second-order valence-electron chi connectivity index (χ2n) is 6.35. The van der Waals surface area contributed by atoms with Crippen molar-refractivity contribution in [3.8, 4) is 22.7 Å². The molecule has 7 heteroatoms. The Balaban J connectivity index is 2.01. The minimum atomic E-state index is -2.83. The van der Waals surface area contributed by atoms with Gasteiger partial charge in [0.1, 0.15) is 5.75 Å². The van der Waals surface area contributed by atoms with Crippen LogP contribution in [0.4, 0.5) is 8.78 Å². The lowest BCUT2D eigenvalue weighted by molar-refractivity contribution is -0.0498. The summed E-state index contributed by atoms with van der Waals surface area (Å²) in [6.45, 7) is 1.48. The third kappa shape index (κ3) is 5.11. The molecule has 0 aliphatic rings. The quantitative estimate of drug-likeness (QED) is 0.375. The molecule has 0 amide bonds. The third-order valence-corrected chi connectivity index (χ3v) is 5.64. The fraction of sp³-hybridized carbons (Fsp3) is 0.250. The van der Waals surface area contributed by atoms with Gasteiger partial charge in [-0.05, 0) is 42.3 Å². The summed E-state index contributed by atoms with van der Waals surface area (Å²) in [5.74, 6) is 1.59. The summed E-state index contributed by atoms with van der Waals surface area (Å²) in [7, 11) is 0. The number of ether oxygens (including phenoxy) is 1. The van der Waals surface area contributed by atoms with Gasteiger partial charge in [-0.15, -0.1) is 0 Å². The lowest BCUT2D eigenvalue weighted by Gasteiger charge is -2.14. The van der Waals surface area contributed by atoms with E-state index in [2.05, 4.69) is 39.5 Å². The molecule has 3 nitrogen and oxygen atoms in total. The number of halogens is 3. The number of imidazole rings is 1. The lowest BCUT2D eigenvalue weighted by atomic mass is 10.1. The predicted octanol–water partition coefficient (Wildman–Crippen LogP) is 6.65. The van der Waals surface area contributed by atoms with Crippen LogP contribution in [0.2, 0.25) is 0 Å². The smallest absolute Gasteiger partial charge is 0.387 e. The van der Waals surface area contributed by atoms with Crippen molar-refractivity contribution in [2.24, 2.45) is 5.92 Å². The summed E-state index contributed by atoms with van der Waals surface area (Å²) in [6.07, 6.45) is 1.84. The Morgan fingerprint density at radius 2 is 1.74 bits per heavy atom. The van der Waals surface area contributed by atoms with E-state index in [1.165, 1.54) is 0 Å². The number of hydrogen-bond donors (Lipinski definition) is 0. The molecule has 0 saturated heterocycles. The van der Waals surface area contributed by atoms with Gasteiger partial charge in [0, 0.05) is 21.5 Å². The number of alkyl halides is 2. The number of nitrogens with zero attached hydrogens (tertiary/aromatic N) is 2. The monoisotopic (exact) mass is 452 g/mol. The average Bonchev–Trinajstić information content (AvgIpc) is 3.04. The zero-order valence-electron chi connectivity index (χ0n) is 14.9. The molecular formula is C20H19BrF2N2OS. The first-order valence-corrected chi connectivity index (χ1v) is 10.2. The van der Waals surface area contributed by atoms with Crippen molar-refractivity contribution in [2.75, 3.05) is 5.75 Å². The van der Waals surface area contributed by atoms with Crippen LogP contribution in [-0.4, -0.2) is 21.9 Å². The van der Waals surface area contributed by atoms with E-state index in [1.807, 2.05) is 35.0 Å². The Kier molecular flexibility index (Phi) is 6.55. The fourth-order valence-corrected chi connectivity index (χ4v) is 3.74. The van der Waals surface area contributed by atoms with Crippen LogP contribution in [-0.2, 0) is 0 Å². The van der Waals surface area contributed by atoms with Crippen LogP contribution in [0, 0.1) is 5.92 Å². The van der Waals surface area contributed by atoms with Gasteiger partial charge >= 0.3 is 6.61 Å². The van der Waals surface area contributed by atoms with E-state index < -0.39 is 6.61 Å². The molecule has 0 atom stereocenters. The molecule has 3 rings (SSSR count). The standard InChI is InChI=1S/C20H19BrF2N2OS/c1-13(2)12-27-20-24-11-18(14-3-5-15(21)6-4-14)25(20)16-7-9-17(10-8-16)26-19(22)23/h3-11,13,19H,12H2,1-2H3. The van der Waals surface area contributed by atoms with E-state index in [0.717, 1.165) is 32.3 Å². The van der Waals surface area contributed by atoms with Crippen LogP contribution >= 0.6 is 27.7 Å². The Hall–Kier alpha value is -1.86. The number of rotatable bonds is 7. The second kappa shape index (κ2) is 8.89. The van der Waals surface area contributed by atoms with Crippen LogP contribution < -0.4 is 4.74 Å². The van der Waals surface area contributed by atoms with Gasteiger partial charge < -0.3 is 4.74 Å². The molecule has 0 unspecified atom stereocenters. The molecule has 0 radical (unpaired) electrons. The molecule has 0 fully saturated rings. The van der Waals surface area contributed by atoms with Crippen LogP contribution in [0.25, 0.3) is 16.9 Å². The summed E-state index contributed by atoms with van der Waals surface area (Å²) in [5.41, 5.74) is 2.81. The van der Waals surface area contributed by atoms with Gasteiger partial charge in [-0.1, -0.05) is 53.7 Å². The summed E-state index contributed by atoms with van der Waals surface area (Å²) in [6, 6.07) is 14.6. The Morgan fingerprint density at radius 3 is 2.33 bits per heavy atom. The van der Waals surface area contributed by atoms with Crippen molar-refractivity contribution in [3.05, 3.63) is 59.2 Å². The van der Waals surface area contributed by atoms with E-state index in [-0.39, 0.29) is 5.75 Å². The molecule has 1 aromatic heterocycles. The van der Waals surface area contributed by atoms with E-state index in [4.69, 9.17) is 0 Å². The van der Waals surface area contributed by atoms with Crippen LogP contribution in [0.15, 0.2) is 64.4 Å². The summed E-state index contributed by atoms with van der Waals surface area (Å²) < 4.78 is 32.3. The number of hydrogen-bond acceptors (Lipinski definition) is 3. The molecular weight excluding hydrogens is 434 g/mol. The van der Waals surface area contributed by atoms with E-state index in [0.29, 0.717) is 5.92 Å². The predicted molar refractivity (Wildman–Crippen MR) is 109 cm³/mol. The van der Waals surface area contributed by atoms with Crippen LogP contribution in [0.5, 0.6) is 5.75 Å². The van der Waals surface area contributed by atoms with Gasteiger partial charge in [0.2, 0.25) is 0 Å². The van der Waals surface area contributed by atoms with Gasteiger partial charge in [-0.25, -0.2) is 4.98 Å². The molecule has 0 spiro atoms. The Labute approximate surface area is 169 Å². The highest BCUT2D eigenvalue weighted by Gasteiger charge is 2.15. The number of benzene rings is 2. The maximum absolute atomic E-state index is 12.4. The molecule has 0 N–H and O–H groups in total. The van der Waals surface area contributed by atoms with E-state index >= 15 is 0 Å². The first-order valence-electron chi connectivity index (χ1n) is 8.46. The minimum absolute atomic E-state index is 0.135. The van der Waals surface area contributed by atoms with E-state index in [9.17, 15) is 8.78 Å². The minimum Gasteiger partial charge on any atom is -0.435 e. The Morgan fingerprint density at radius 1 is 1.07 bits per heavy atom. The van der Waals surface area contributed by atoms with Gasteiger partial charge in [0.15, 0.2) is 5.16 Å².